The number of aliphatic carboxylic acids is 1. The summed E-state index contributed by atoms with van der Waals surface area (Å²) in [6.45, 7) is -3.22. The molecule has 1 unspecified atom stereocenters. The van der Waals surface area contributed by atoms with Crippen LogP contribution in [0.25, 0.3) is 0 Å². The zero-order valence-electron chi connectivity index (χ0n) is 10.1. The molecule has 8 heteroatoms. The number of aliphatic hydroxyl groups is 1. The third kappa shape index (κ3) is 4.14. The molecule has 0 amide bonds. The number of carboxylic acids is 1. The Kier molecular flexibility index (Phi) is 5.84. The van der Waals surface area contributed by atoms with E-state index in [0.29, 0.717) is 0 Å². The van der Waals surface area contributed by atoms with Crippen molar-refractivity contribution in [1.29, 1.82) is 0 Å². The summed E-state index contributed by atoms with van der Waals surface area (Å²) < 4.78 is 29.0. The Bertz CT molecular complexity index is 507. The standard InChI is InChI=1S/C12H11ClF2O5/c13-5-7(16)4-6-2-1-3-8(9(17)11(18)19)10(6)20-12(14)15/h1-3,9,12,17H,4-5H2,(H,18,19). The summed E-state index contributed by atoms with van der Waals surface area (Å²) in [5, 5.41) is 18.2. The highest BCUT2D eigenvalue weighted by Crippen LogP contribution is 2.31. The van der Waals surface area contributed by atoms with Gasteiger partial charge in [0.15, 0.2) is 11.9 Å². The number of halogens is 3. The Morgan fingerprint density at radius 3 is 2.50 bits per heavy atom. The lowest BCUT2D eigenvalue weighted by Gasteiger charge is -2.16. The highest BCUT2D eigenvalue weighted by atomic mass is 35.5. The number of Topliss-reactive ketones (excluding diaryl/α,β-unsaturated/α-hetero) is 1. The molecule has 0 aliphatic heterocycles. The number of hydrogen-bond acceptors (Lipinski definition) is 4. The van der Waals surface area contributed by atoms with Crippen LogP contribution < -0.4 is 4.74 Å². The molecule has 0 saturated carbocycles. The van der Waals surface area contributed by atoms with Crippen LogP contribution in [0, 0.1) is 0 Å². The average molecular weight is 309 g/mol. The first-order valence-electron chi connectivity index (χ1n) is 5.42. The van der Waals surface area contributed by atoms with Crippen LogP contribution in [0.4, 0.5) is 8.78 Å². The smallest absolute Gasteiger partial charge is 0.387 e. The lowest BCUT2D eigenvalue weighted by molar-refractivity contribution is -0.147. The van der Waals surface area contributed by atoms with Crippen LogP contribution in [0.15, 0.2) is 18.2 Å². The monoisotopic (exact) mass is 308 g/mol. The molecule has 0 aliphatic rings. The van der Waals surface area contributed by atoms with Crippen molar-refractivity contribution in [1.82, 2.24) is 0 Å². The van der Waals surface area contributed by atoms with E-state index in [-0.39, 0.29) is 23.4 Å². The molecule has 0 aliphatic carbocycles. The molecule has 0 saturated heterocycles. The molecule has 2 N–H and O–H groups in total. The third-order valence-electron chi connectivity index (χ3n) is 2.40. The maximum Gasteiger partial charge on any atom is 0.387 e. The van der Waals surface area contributed by atoms with Crippen molar-refractivity contribution < 1.29 is 33.3 Å². The maximum atomic E-state index is 12.4. The van der Waals surface area contributed by atoms with E-state index in [4.69, 9.17) is 16.7 Å². The molecule has 1 rings (SSSR count). The lowest BCUT2D eigenvalue weighted by Crippen LogP contribution is -2.16. The van der Waals surface area contributed by atoms with E-state index >= 15 is 0 Å². The van der Waals surface area contributed by atoms with Gasteiger partial charge in [-0.1, -0.05) is 18.2 Å². The molecule has 0 spiro atoms. The Hall–Kier alpha value is -1.73. The minimum atomic E-state index is -3.22. The number of carbonyl (C=O) groups is 2. The van der Waals surface area contributed by atoms with E-state index in [0.717, 1.165) is 6.07 Å². The number of ether oxygens (including phenoxy) is 1. The fraction of sp³-hybridized carbons (Fsp3) is 0.333. The number of carbonyl (C=O) groups excluding carboxylic acids is 1. The molecule has 0 bridgehead atoms. The van der Waals surface area contributed by atoms with Gasteiger partial charge in [-0.05, 0) is 0 Å². The molecule has 0 aromatic heterocycles. The summed E-state index contributed by atoms with van der Waals surface area (Å²) in [4.78, 5) is 22.0. The van der Waals surface area contributed by atoms with E-state index in [1.165, 1.54) is 12.1 Å². The van der Waals surface area contributed by atoms with Crippen LogP contribution in [0.3, 0.4) is 0 Å². The van der Waals surface area contributed by atoms with Gasteiger partial charge in [0.2, 0.25) is 0 Å². The Labute approximate surface area is 117 Å². The van der Waals surface area contributed by atoms with E-state index in [9.17, 15) is 23.5 Å². The zero-order valence-corrected chi connectivity index (χ0v) is 10.8. The van der Waals surface area contributed by atoms with Crippen LogP contribution in [0.2, 0.25) is 0 Å². The van der Waals surface area contributed by atoms with Crippen molar-refractivity contribution in [3.05, 3.63) is 29.3 Å². The van der Waals surface area contributed by atoms with Crippen LogP contribution >= 0.6 is 11.6 Å². The Balaban J connectivity index is 3.26. The number of hydrogen-bond donors (Lipinski definition) is 2. The summed E-state index contributed by atoms with van der Waals surface area (Å²) in [6.07, 6.45) is -2.33. The van der Waals surface area contributed by atoms with Crippen molar-refractivity contribution in [2.45, 2.75) is 19.1 Å². The Morgan fingerprint density at radius 1 is 1.35 bits per heavy atom. The first kappa shape index (κ1) is 16.3. The summed E-state index contributed by atoms with van der Waals surface area (Å²) in [5.41, 5.74) is -0.313. The van der Waals surface area contributed by atoms with E-state index in [1.54, 1.807) is 0 Å². The molecular formula is C12H11ClF2O5. The number of aliphatic hydroxyl groups excluding tert-OH is 1. The van der Waals surface area contributed by atoms with Crippen LogP contribution in [0.1, 0.15) is 17.2 Å². The average Bonchev–Trinajstić information content (AvgIpc) is 2.39. The van der Waals surface area contributed by atoms with Gasteiger partial charge in [0.25, 0.3) is 0 Å². The fourth-order valence-corrected chi connectivity index (χ4v) is 1.68. The van der Waals surface area contributed by atoms with Gasteiger partial charge in [0.05, 0.1) is 5.88 Å². The molecule has 20 heavy (non-hydrogen) atoms. The molecule has 0 fully saturated rings. The van der Waals surface area contributed by atoms with Crippen LogP contribution in [-0.2, 0) is 16.0 Å². The van der Waals surface area contributed by atoms with E-state index < -0.39 is 30.2 Å². The zero-order chi connectivity index (χ0) is 15.3. The highest BCUT2D eigenvalue weighted by molar-refractivity contribution is 6.27. The van der Waals surface area contributed by atoms with Crippen molar-refractivity contribution in [2.75, 3.05) is 5.88 Å². The highest BCUT2D eigenvalue weighted by Gasteiger charge is 2.24. The van der Waals surface area contributed by atoms with Crippen LogP contribution in [0.5, 0.6) is 5.75 Å². The normalized spacial score (nSPS) is 12.2. The van der Waals surface area contributed by atoms with Gasteiger partial charge in [-0.15, -0.1) is 11.6 Å². The van der Waals surface area contributed by atoms with Crippen LogP contribution in [-0.4, -0.2) is 34.5 Å². The van der Waals surface area contributed by atoms with Gasteiger partial charge in [-0.25, -0.2) is 4.79 Å². The second-order valence-electron chi connectivity index (χ2n) is 3.80. The minimum Gasteiger partial charge on any atom is -0.479 e. The predicted molar refractivity (Wildman–Crippen MR) is 65.1 cm³/mol. The van der Waals surface area contributed by atoms with Gasteiger partial charge in [-0.2, -0.15) is 8.78 Å². The summed E-state index contributed by atoms with van der Waals surface area (Å²) in [7, 11) is 0. The number of carboxylic acid groups (broad SMARTS) is 1. The maximum absolute atomic E-state index is 12.4. The van der Waals surface area contributed by atoms with E-state index in [1.807, 2.05) is 0 Å². The number of para-hydroxylation sites is 1. The number of ketones is 1. The molecular weight excluding hydrogens is 298 g/mol. The first-order chi connectivity index (χ1) is 9.36. The molecule has 5 nitrogen and oxygen atoms in total. The van der Waals surface area contributed by atoms with Gasteiger partial charge >= 0.3 is 12.6 Å². The molecule has 1 aromatic carbocycles. The summed E-state index contributed by atoms with van der Waals surface area (Å²) >= 11 is 5.33. The van der Waals surface area contributed by atoms with Gasteiger partial charge in [0.1, 0.15) is 5.75 Å². The summed E-state index contributed by atoms with van der Waals surface area (Å²) in [6, 6.07) is 3.78. The van der Waals surface area contributed by atoms with Gasteiger partial charge < -0.3 is 14.9 Å². The second-order valence-corrected chi connectivity index (χ2v) is 4.07. The van der Waals surface area contributed by atoms with Crippen molar-refractivity contribution >= 4 is 23.4 Å². The predicted octanol–water partition coefficient (Wildman–Crippen LogP) is 1.76. The van der Waals surface area contributed by atoms with Crippen molar-refractivity contribution in [2.24, 2.45) is 0 Å². The molecule has 110 valence electrons. The summed E-state index contributed by atoms with van der Waals surface area (Å²) in [5.74, 6) is -2.91. The molecule has 1 aromatic rings. The van der Waals surface area contributed by atoms with Crippen molar-refractivity contribution in [3.63, 3.8) is 0 Å². The Morgan fingerprint density at radius 2 is 2.00 bits per heavy atom. The molecule has 0 radical (unpaired) electrons. The lowest BCUT2D eigenvalue weighted by atomic mass is 10.0. The molecule has 1 atom stereocenters. The number of benzene rings is 1. The number of alkyl halides is 3. The SMILES string of the molecule is O=C(CCl)Cc1cccc(C(O)C(=O)O)c1OC(F)F. The first-order valence-corrected chi connectivity index (χ1v) is 5.95. The second kappa shape index (κ2) is 7.16. The van der Waals surface area contributed by atoms with Gasteiger partial charge in [0, 0.05) is 17.5 Å². The third-order valence-corrected chi connectivity index (χ3v) is 2.70. The van der Waals surface area contributed by atoms with Gasteiger partial charge in [-0.3, -0.25) is 4.79 Å². The molecule has 0 heterocycles. The number of rotatable bonds is 7. The minimum absolute atomic E-state index is 0.0359. The largest absolute Gasteiger partial charge is 0.479 e. The van der Waals surface area contributed by atoms with E-state index in [2.05, 4.69) is 4.74 Å². The fourth-order valence-electron chi connectivity index (χ4n) is 1.58. The topological polar surface area (TPSA) is 83.8 Å². The van der Waals surface area contributed by atoms with Crippen molar-refractivity contribution in [3.8, 4) is 5.75 Å². The quantitative estimate of drug-likeness (QED) is 0.750.